The van der Waals surface area contributed by atoms with Crippen molar-refractivity contribution in [1.82, 2.24) is 14.5 Å². The predicted molar refractivity (Wildman–Crippen MR) is 127 cm³/mol. The van der Waals surface area contributed by atoms with E-state index in [9.17, 15) is 9.59 Å². The second-order valence-electron chi connectivity index (χ2n) is 8.28. The number of hydrogen-bond donors (Lipinski definition) is 0. The quantitative estimate of drug-likeness (QED) is 0.485. The minimum atomic E-state index is -0.317. The van der Waals surface area contributed by atoms with Crippen LogP contribution in [0, 0.1) is 13.8 Å². The van der Waals surface area contributed by atoms with Crippen LogP contribution in [0.15, 0.2) is 47.3 Å². The summed E-state index contributed by atoms with van der Waals surface area (Å²) in [5, 5.41) is 0.581. The van der Waals surface area contributed by atoms with Gasteiger partial charge in [0, 0.05) is 13.0 Å². The molecule has 0 aliphatic rings. The number of para-hydroxylation sites is 1. The molecule has 1 amide bonds. The standard InChI is InChI=1S/C26H33N3O2/c1-6-8-13-24(30)28(16-7-2)20(5)25-27-22-12-10-9-11-21(22)26(31)29(25)23-15-14-18(3)17-19(23)4/h9-12,14-15,17,20H,6-8,13,16H2,1-5H3. The lowest BCUT2D eigenvalue weighted by Crippen LogP contribution is -2.38. The Morgan fingerprint density at radius 3 is 2.52 bits per heavy atom. The highest BCUT2D eigenvalue weighted by atomic mass is 16.2. The van der Waals surface area contributed by atoms with Crippen molar-refractivity contribution >= 4 is 16.8 Å². The van der Waals surface area contributed by atoms with Crippen LogP contribution < -0.4 is 5.56 Å². The minimum absolute atomic E-state index is 0.100. The van der Waals surface area contributed by atoms with E-state index in [1.807, 2.05) is 62.1 Å². The molecule has 0 saturated carbocycles. The van der Waals surface area contributed by atoms with Gasteiger partial charge in [0.25, 0.3) is 5.56 Å². The second kappa shape index (κ2) is 9.90. The van der Waals surface area contributed by atoms with E-state index in [-0.39, 0.29) is 17.5 Å². The molecule has 0 saturated heterocycles. The highest BCUT2D eigenvalue weighted by Crippen LogP contribution is 2.25. The Balaban J connectivity index is 2.24. The lowest BCUT2D eigenvalue weighted by atomic mass is 10.1. The van der Waals surface area contributed by atoms with Crippen molar-refractivity contribution in [2.24, 2.45) is 0 Å². The van der Waals surface area contributed by atoms with Crippen molar-refractivity contribution in [2.45, 2.75) is 66.3 Å². The van der Waals surface area contributed by atoms with E-state index in [1.54, 1.807) is 4.57 Å². The molecule has 5 heteroatoms. The molecule has 0 fully saturated rings. The molecule has 3 aromatic rings. The molecule has 0 aliphatic carbocycles. The molecule has 31 heavy (non-hydrogen) atoms. The molecule has 0 radical (unpaired) electrons. The highest BCUT2D eigenvalue weighted by Gasteiger charge is 2.26. The van der Waals surface area contributed by atoms with Crippen molar-refractivity contribution in [3.63, 3.8) is 0 Å². The lowest BCUT2D eigenvalue weighted by Gasteiger charge is -2.30. The van der Waals surface area contributed by atoms with Crippen molar-refractivity contribution < 1.29 is 4.79 Å². The average Bonchev–Trinajstić information content (AvgIpc) is 2.76. The first kappa shape index (κ1) is 22.7. The molecule has 0 N–H and O–H groups in total. The summed E-state index contributed by atoms with van der Waals surface area (Å²) in [6.07, 6.45) is 3.20. The van der Waals surface area contributed by atoms with E-state index in [2.05, 4.69) is 19.9 Å². The van der Waals surface area contributed by atoms with Crippen LogP contribution in [0.3, 0.4) is 0 Å². The summed E-state index contributed by atoms with van der Waals surface area (Å²) in [4.78, 5) is 33.5. The molecular weight excluding hydrogens is 386 g/mol. The zero-order valence-corrected chi connectivity index (χ0v) is 19.3. The van der Waals surface area contributed by atoms with Crippen molar-refractivity contribution in [1.29, 1.82) is 0 Å². The van der Waals surface area contributed by atoms with Gasteiger partial charge in [0.1, 0.15) is 5.82 Å². The number of aryl methyl sites for hydroxylation is 2. The molecule has 0 spiro atoms. The smallest absolute Gasteiger partial charge is 0.266 e. The van der Waals surface area contributed by atoms with Gasteiger partial charge in [-0.2, -0.15) is 0 Å². The van der Waals surface area contributed by atoms with E-state index in [1.165, 1.54) is 0 Å². The number of amides is 1. The fourth-order valence-electron chi connectivity index (χ4n) is 4.11. The number of carbonyl (C=O) groups is 1. The monoisotopic (exact) mass is 419 g/mol. The van der Waals surface area contributed by atoms with Crippen molar-refractivity contribution in [3.8, 4) is 5.69 Å². The lowest BCUT2D eigenvalue weighted by molar-refractivity contribution is -0.133. The molecular formula is C26H33N3O2. The van der Waals surface area contributed by atoms with Crippen LogP contribution in [0.1, 0.15) is 69.4 Å². The van der Waals surface area contributed by atoms with E-state index >= 15 is 0 Å². The molecule has 5 nitrogen and oxygen atoms in total. The number of rotatable bonds is 8. The topological polar surface area (TPSA) is 55.2 Å². The van der Waals surface area contributed by atoms with Gasteiger partial charge in [-0.15, -0.1) is 0 Å². The Morgan fingerprint density at radius 2 is 1.84 bits per heavy atom. The number of benzene rings is 2. The molecule has 1 unspecified atom stereocenters. The average molecular weight is 420 g/mol. The van der Waals surface area contributed by atoms with Crippen LogP contribution in [0.2, 0.25) is 0 Å². The predicted octanol–water partition coefficient (Wildman–Crippen LogP) is 5.49. The molecule has 0 bridgehead atoms. The van der Waals surface area contributed by atoms with Gasteiger partial charge in [-0.3, -0.25) is 14.2 Å². The summed E-state index contributed by atoms with van der Waals surface area (Å²) in [6, 6.07) is 13.2. The third-order valence-corrected chi connectivity index (χ3v) is 5.77. The summed E-state index contributed by atoms with van der Waals surface area (Å²) in [5.74, 6) is 0.722. The maximum Gasteiger partial charge on any atom is 0.266 e. The second-order valence-corrected chi connectivity index (χ2v) is 8.28. The van der Waals surface area contributed by atoms with Crippen LogP contribution in [0.25, 0.3) is 16.6 Å². The summed E-state index contributed by atoms with van der Waals surface area (Å²) < 4.78 is 1.71. The van der Waals surface area contributed by atoms with E-state index in [4.69, 9.17) is 4.98 Å². The Hall–Kier alpha value is -2.95. The molecule has 2 aromatic carbocycles. The first-order valence-electron chi connectivity index (χ1n) is 11.3. The molecule has 0 aliphatic heterocycles. The van der Waals surface area contributed by atoms with Gasteiger partial charge in [-0.1, -0.05) is 50.1 Å². The van der Waals surface area contributed by atoms with Gasteiger partial charge >= 0.3 is 0 Å². The number of fused-ring (bicyclic) bond motifs is 1. The Kier molecular flexibility index (Phi) is 7.26. The summed E-state index contributed by atoms with van der Waals surface area (Å²) in [7, 11) is 0. The van der Waals surface area contributed by atoms with E-state index in [0.717, 1.165) is 36.1 Å². The fraction of sp³-hybridized carbons (Fsp3) is 0.423. The number of aromatic nitrogens is 2. The maximum absolute atomic E-state index is 13.6. The summed E-state index contributed by atoms with van der Waals surface area (Å²) >= 11 is 0. The zero-order valence-electron chi connectivity index (χ0n) is 19.3. The SMILES string of the molecule is CCCCC(=O)N(CCC)C(C)c1nc2ccccc2c(=O)n1-c1ccc(C)cc1C. The first-order chi connectivity index (χ1) is 14.9. The van der Waals surface area contributed by atoms with Crippen LogP contribution in [-0.2, 0) is 4.79 Å². The Bertz CT molecular complexity index is 1130. The van der Waals surface area contributed by atoms with Gasteiger partial charge in [0.05, 0.1) is 22.6 Å². The highest BCUT2D eigenvalue weighted by molar-refractivity contribution is 5.79. The van der Waals surface area contributed by atoms with Crippen LogP contribution in [0.5, 0.6) is 0 Å². The normalized spacial score (nSPS) is 12.2. The molecule has 1 atom stereocenters. The summed E-state index contributed by atoms with van der Waals surface area (Å²) in [5.41, 5.74) is 3.52. The summed E-state index contributed by atoms with van der Waals surface area (Å²) in [6.45, 7) is 10.8. The first-order valence-corrected chi connectivity index (χ1v) is 11.3. The van der Waals surface area contributed by atoms with Gasteiger partial charge in [0.15, 0.2) is 0 Å². The Labute approximate surface area is 184 Å². The Morgan fingerprint density at radius 1 is 1.10 bits per heavy atom. The maximum atomic E-state index is 13.6. The van der Waals surface area contributed by atoms with E-state index < -0.39 is 0 Å². The van der Waals surface area contributed by atoms with E-state index in [0.29, 0.717) is 29.7 Å². The number of unbranched alkanes of at least 4 members (excludes halogenated alkanes) is 1. The number of carbonyl (C=O) groups excluding carboxylic acids is 1. The van der Waals surface area contributed by atoms with Gasteiger partial charge in [-0.05, 0) is 57.4 Å². The minimum Gasteiger partial charge on any atom is -0.333 e. The van der Waals surface area contributed by atoms with Crippen LogP contribution in [-0.4, -0.2) is 26.9 Å². The third kappa shape index (κ3) is 4.71. The van der Waals surface area contributed by atoms with Crippen LogP contribution in [0.4, 0.5) is 0 Å². The molecule has 1 heterocycles. The van der Waals surface area contributed by atoms with Gasteiger partial charge < -0.3 is 4.90 Å². The van der Waals surface area contributed by atoms with Crippen molar-refractivity contribution in [2.75, 3.05) is 6.54 Å². The van der Waals surface area contributed by atoms with Crippen molar-refractivity contribution in [3.05, 3.63) is 69.8 Å². The zero-order chi connectivity index (χ0) is 22.5. The fourth-order valence-corrected chi connectivity index (χ4v) is 4.11. The van der Waals surface area contributed by atoms with Gasteiger partial charge in [0.2, 0.25) is 5.91 Å². The number of nitrogens with zero attached hydrogens (tertiary/aromatic N) is 3. The van der Waals surface area contributed by atoms with Gasteiger partial charge in [-0.25, -0.2) is 4.98 Å². The largest absolute Gasteiger partial charge is 0.333 e. The molecule has 1 aromatic heterocycles. The molecule has 3 rings (SSSR count). The third-order valence-electron chi connectivity index (χ3n) is 5.77. The van der Waals surface area contributed by atoms with Crippen LogP contribution >= 0.6 is 0 Å². The molecule has 164 valence electrons. The number of hydrogen-bond acceptors (Lipinski definition) is 3.